The minimum absolute atomic E-state index is 0.139. The summed E-state index contributed by atoms with van der Waals surface area (Å²) in [7, 11) is 0. The molecule has 0 aliphatic carbocycles. The molecule has 1 amide bonds. The summed E-state index contributed by atoms with van der Waals surface area (Å²) in [5, 5.41) is 7.24. The van der Waals surface area contributed by atoms with Crippen molar-refractivity contribution in [3.05, 3.63) is 83.3 Å². The SMILES string of the molecule is Cc1ccc([C@@H](C)NC(=O)c2cc(-c3ccccc3)nc3ncnn23)c(C)c1. The highest BCUT2D eigenvalue weighted by atomic mass is 16.2. The summed E-state index contributed by atoms with van der Waals surface area (Å²) in [6.45, 7) is 6.09. The summed E-state index contributed by atoms with van der Waals surface area (Å²) in [5.74, 6) is 0.174. The molecule has 0 aliphatic heterocycles. The topological polar surface area (TPSA) is 72.2 Å². The first-order valence-electron chi connectivity index (χ1n) is 9.17. The van der Waals surface area contributed by atoms with Crippen molar-refractivity contribution in [2.75, 3.05) is 0 Å². The number of aromatic nitrogens is 4. The number of hydrogen-bond donors (Lipinski definition) is 1. The molecule has 6 heteroatoms. The molecule has 28 heavy (non-hydrogen) atoms. The molecule has 6 nitrogen and oxygen atoms in total. The second-order valence-electron chi connectivity index (χ2n) is 6.92. The van der Waals surface area contributed by atoms with Crippen LogP contribution in [-0.2, 0) is 0 Å². The molecule has 2 heterocycles. The van der Waals surface area contributed by atoms with Crippen LogP contribution in [-0.4, -0.2) is 25.5 Å². The predicted octanol–water partition coefficient (Wildman–Crippen LogP) is 3.90. The largest absolute Gasteiger partial charge is 0.344 e. The Labute approximate surface area is 163 Å². The van der Waals surface area contributed by atoms with Gasteiger partial charge >= 0.3 is 0 Å². The molecule has 2 aromatic heterocycles. The van der Waals surface area contributed by atoms with Gasteiger partial charge in [0.1, 0.15) is 12.0 Å². The zero-order chi connectivity index (χ0) is 19.7. The van der Waals surface area contributed by atoms with E-state index in [4.69, 9.17) is 0 Å². The zero-order valence-electron chi connectivity index (χ0n) is 16.0. The van der Waals surface area contributed by atoms with Crippen molar-refractivity contribution >= 4 is 11.7 Å². The number of aryl methyl sites for hydroxylation is 2. The van der Waals surface area contributed by atoms with Crippen LogP contribution >= 0.6 is 0 Å². The Morgan fingerprint density at radius 1 is 1.07 bits per heavy atom. The smallest absolute Gasteiger partial charge is 0.270 e. The van der Waals surface area contributed by atoms with Crippen LogP contribution < -0.4 is 5.32 Å². The fraction of sp³-hybridized carbons (Fsp3) is 0.182. The molecule has 4 rings (SSSR count). The summed E-state index contributed by atoms with van der Waals surface area (Å²) < 4.78 is 1.47. The number of carbonyl (C=O) groups excluding carboxylic acids is 1. The van der Waals surface area contributed by atoms with E-state index in [1.54, 1.807) is 6.07 Å². The van der Waals surface area contributed by atoms with Crippen LogP contribution in [0.3, 0.4) is 0 Å². The van der Waals surface area contributed by atoms with Crippen molar-refractivity contribution in [3.8, 4) is 11.3 Å². The maximum absolute atomic E-state index is 13.1. The van der Waals surface area contributed by atoms with Gasteiger partial charge in [0.15, 0.2) is 0 Å². The monoisotopic (exact) mass is 371 g/mol. The molecule has 0 bridgehead atoms. The van der Waals surface area contributed by atoms with E-state index >= 15 is 0 Å². The van der Waals surface area contributed by atoms with Crippen molar-refractivity contribution in [1.29, 1.82) is 0 Å². The summed E-state index contributed by atoms with van der Waals surface area (Å²) in [6.07, 6.45) is 1.40. The van der Waals surface area contributed by atoms with Crippen molar-refractivity contribution < 1.29 is 4.79 Å². The Hall–Kier alpha value is -3.54. The lowest BCUT2D eigenvalue weighted by atomic mass is 10.00. The lowest BCUT2D eigenvalue weighted by Crippen LogP contribution is -2.29. The third kappa shape index (κ3) is 3.36. The van der Waals surface area contributed by atoms with Gasteiger partial charge in [-0.25, -0.2) is 4.98 Å². The van der Waals surface area contributed by atoms with Crippen LogP contribution in [0.15, 0.2) is 60.9 Å². The fourth-order valence-corrected chi connectivity index (χ4v) is 3.39. The molecule has 1 N–H and O–H groups in total. The summed E-state index contributed by atoms with van der Waals surface area (Å²) >= 11 is 0. The highest BCUT2D eigenvalue weighted by Crippen LogP contribution is 2.21. The average Bonchev–Trinajstić information content (AvgIpc) is 3.16. The van der Waals surface area contributed by atoms with Gasteiger partial charge in [-0.15, -0.1) is 0 Å². The Bertz CT molecular complexity index is 1150. The molecule has 140 valence electrons. The van der Waals surface area contributed by atoms with Gasteiger partial charge in [0, 0.05) is 5.56 Å². The molecular formula is C22H21N5O. The van der Waals surface area contributed by atoms with Gasteiger partial charge in [0.25, 0.3) is 11.7 Å². The van der Waals surface area contributed by atoms with Gasteiger partial charge in [-0.05, 0) is 38.0 Å². The highest BCUT2D eigenvalue weighted by molar-refractivity contribution is 5.94. The predicted molar refractivity (Wildman–Crippen MR) is 108 cm³/mol. The number of nitrogens with zero attached hydrogens (tertiary/aromatic N) is 4. The zero-order valence-corrected chi connectivity index (χ0v) is 16.0. The molecule has 0 saturated carbocycles. The molecule has 2 aromatic carbocycles. The molecule has 0 spiro atoms. The van der Waals surface area contributed by atoms with Crippen molar-refractivity contribution in [3.63, 3.8) is 0 Å². The Kier molecular flexibility index (Phi) is 4.61. The lowest BCUT2D eigenvalue weighted by molar-refractivity contribution is 0.0932. The summed E-state index contributed by atoms with van der Waals surface area (Å²) in [6, 6.07) is 17.6. The Balaban J connectivity index is 1.69. The van der Waals surface area contributed by atoms with Crippen LogP contribution in [0, 0.1) is 13.8 Å². The molecule has 0 unspecified atom stereocenters. The van der Waals surface area contributed by atoms with E-state index in [-0.39, 0.29) is 11.9 Å². The lowest BCUT2D eigenvalue weighted by Gasteiger charge is -2.17. The third-order valence-electron chi connectivity index (χ3n) is 4.79. The minimum Gasteiger partial charge on any atom is -0.344 e. The van der Waals surface area contributed by atoms with Crippen LogP contribution in [0.5, 0.6) is 0 Å². The number of rotatable bonds is 4. The van der Waals surface area contributed by atoms with E-state index in [0.29, 0.717) is 17.2 Å². The van der Waals surface area contributed by atoms with Gasteiger partial charge < -0.3 is 5.32 Å². The van der Waals surface area contributed by atoms with E-state index in [1.807, 2.05) is 37.3 Å². The Morgan fingerprint density at radius 3 is 2.61 bits per heavy atom. The maximum Gasteiger partial charge on any atom is 0.270 e. The van der Waals surface area contributed by atoms with Gasteiger partial charge in [-0.2, -0.15) is 14.6 Å². The van der Waals surface area contributed by atoms with Gasteiger partial charge in [-0.1, -0.05) is 54.1 Å². The van der Waals surface area contributed by atoms with E-state index in [0.717, 1.165) is 16.7 Å². The number of carbonyl (C=O) groups is 1. The van der Waals surface area contributed by atoms with E-state index in [1.165, 1.54) is 16.4 Å². The average molecular weight is 371 g/mol. The molecule has 0 fully saturated rings. The molecule has 0 radical (unpaired) electrons. The van der Waals surface area contributed by atoms with Gasteiger partial charge in [-0.3, -0.25) is 4.79 Å². The molecule has 1 atom stereocenters. The molecule has 4 aromatic rings. The first-order valence-corrected chi connectivity index (χ1v) is 9.17. The number of benzene rings is 2. The van der Waals surface area contributed by atoms with E-state index in [9.17, 15) is 4.79 Å². The second kappa shape index (κ2) is 7.23. The van der Waals surface area contributed by atoms with E-state index < -0.39 is 0 Å². The van der Waals surface area contributed by atoms with Crippen molar-refractivity contribution in [2.24, 2.45) is 0 Å². The number of amides is 1. The molecular weight excluding hydrogens is 350 g/mol. The molecule has 0 aliphatic rings. The summed E-state index contributed by atoms with van der Waals surface area (Å²) in [4.78, 5) is 21.8. The quantitative estimate of drug-likeness (QED) is 0.590. The normalized spacial score (nSPS) is 12.1. The van der Waals surface area contributed by atoms with Crippen LogP contribution in [0.25, 0.3) is 17.0 Å². The number of nitrogens with one attached hydrogen (secondary N) is 1. The van der Waals surface area contributed by atoms with Crippen molar-refractivity contribution in [1.82, 2.24) is 24.9 Å². The number of fused-ring (bicyclic) bond motifs is 1. The Morgan fingerprint density at radius 2 is 1.86 bits per heavy atom. The highest BCUT2D eigenvalue weighted by Gasteiger charge is 2.18. The molecule has 0 saturated heterocycles. The number of hydrogen-bond acceptors (Lipinski definition) is 4. The standard InChI is InChI=1S/C22H21N5O/c1-14-9-10-18(15(2)11-14)16(3)25-21(28)20-12-19(17-7-5-4-6-8-17)26-22-23-13-24-27(20)22/h4-13,16H,1-3H3,(H,25,28)/t16-/m1/s1. The van der Waals surface area contributed by atoms with Crippen LogP contribution in [0.4, 0.5) is 0 Å². The van der Waals surface area contributed by atoms with Crippen LogP contribution in [0.1, 0.15) is 40.1 Å². The van der Waals surface area contributed by atoms with E-state index in [2.05, 4.69) is 52.4 Å². The van der Waals surface area contributed by atoms with Gasteiger partial charge in [0.05, 0.1) is 11.7 Å². The van der Waals surface area contributed by atoms with Gasteiger partial charge in [0.2, 0.25) is 0 Å². The van der Waals surface area contributed by atoms with Crippen molar-refractivity contribution in [2.45, 2.75) is 26.8 Å². The summed E-state index contributed by atoms with van der Waals surface area (Å²) in [5.41, 5.74) is 5.45. The maximum atomic E-state index is 13.1. The fourth-order valence-electron chi connectivity index (χ4n) is 3.39. The third-order valence-corrected chi connectivity index (χ3v) is 4.79. The van der Waals surface area contributed by atoms with Crippen LogP contribution in [0.2, 0.25) is 0 Å². The first-order chi connectivity index (χ1) is 13.5. The second-order valence-corrected chi connectivity index (χ2v) is 6.92. The minimum atomic E-state index is -0.220. The first kappa shape index (κ1) is 17.9.